The van der Waals surface area contributed by atoms with Crippen LogP contribution in [0.25, 0.3) is 0 Å². The molecule has 1 aromatic rings. The maximum atomic E-state index is 10.3. The van der Waals surface area contributed by atoms with Crippen molar-refractivity contribution in [2.75, 3.05) is 11.9 Å². The average Bonchev–Trinajstić information content (AvgIpc) is 2.17. The molecule has 0 saturated heterocycles. The van der Waals surface area contributed by atoms with Gasteiger partial charge in [-0.3, -0.25) is 4.79 Å². The van der Waals surface area contributed by atoms with Crippen molar-refractivity contribution >= 4 is 11.8 Å². The van der Waals surface area contributed by atoms with Crippen molar-refractivity contribution in [3.05, 3.63) is 18.1 Å². The standard InChI is InChI=1S/C10H15N3O2/c1-7(2)8-5-9(13-6-12-8)11-4-3-10(14)15/h5-7H,3-4H2,1-2H3,(H,14,15)(H,11,12,13). The molecule has 0 atom stereocenters. The lowest BCUT2D eigenvalue weighted by Crippen LogP contribution is -2.09. The number of anilines is 1. The van der Waals surface area contributed by atoms with E-state index in [2.05, 4.69) is 15.3 Å². The number of hydrogen-bond donors (Lipinski definition) is 2. The molecule has 0 aliphatic carbocycles. The lowest BCUT2D eigenvalue weighted by Gasteiger charge is -2.07. The molecule has 82 valence electrons. The molecule has 0 amide bonds. The van der Waals surface area contributed by atoms with Crippen LogP contribution in [-0.4, -0.2) is 27.6 Å². The molecule has 0 unspecified atom stereocenters. The summed E-state index contributed by atoms with van der Waals surface area (Å²) in [5.74, 6) is 0.198. The molecule has 1 aromatic heterocycles. The van der Waals surface area contributed by atoms with Crippen LogP contribution < -0.4 is 5.32 Å². The first-order chi connectivity index (χ1) is 7.09. The zero-order valence-corrected chi connectivity index (χ0v) is 8.90. The van der Waals surface area contributed by atoms with E-state index in [1.165, 1.54) is 6.33 Å². The SMILES string of the molecule is CC(C)c1cc(NCCC(=O)O)ncn1. The second-order valence-electron chi connectivity index (χ2n) is 3.55. The van der Waals surface area contributed by atoms with Gasteiger partial charge in [-0.25, -0.2) is 9.97 Å². The number of carboxylic acids is 1. The third kappa shape index (κ3) is 3.93. The van der Waals surface area contributed by atoms with E-state index in [0.717, 1.165) is 5.69 Å². The average molecular weight is 209 g/mol. The zero-order chi connectivity index (χ0) is 11.3. The van der Waals surface area contributed by atoms with Crippen LogP contribution in [0.3, 0.4) is 0 Å². The second kappa shape index (κ2) is 5.29. The molecule has 0 fully saturated rings. The first-order valence-corrected chi connectivity index (χ1v) is 4.87. The minimum atomic E-state index is -0.819. The first kappa shape index (κ1) is 11.4. The van der Waals surface area contributed by atoms with Crippen LogP contribution in [0.2, 0.25) is 0 Å². The van der Waals surface area contributed by atoms with Gasteiger partial charge in [0.1, 0.15) is 12.1 Å². The van der Waals surface area contributed by atoms with Gasteiger partial charge in [-0.05, 0) is 5.92 Å². The summed E-state index contributed by atoms with van der Waals surface area (Å²) in [5.41, 5.74) is 0.947. The van der Waals surface area contributed by atoms with Gasteiger partial charge in [0.05, 0.1) is 6.42 Å². The van der Waals surface area contributed by atoms with E-state index in [4.69, 9.17) is 5.11 Å². The van der Waals surface area contributed by atoms with Crippen LogP contribution in [0.4, 0.5) is 5.82 Å². The largest absolute Gasteiger partial charge is 0.481 e. The highest BCUT2D eigenvalue weighted by atomic mass is 16.4. The Bertz CT molecular complexity index is 339. The van der Waals surface area contributed by atoms with Crippen molar-refractivity contribution in [1.29, 1.82) is 0 Å². The number of aliphatic carboxylic acids is 1. The molecule has 0 saturated carbocycles. The van der Waals surface area contributed by atoms with Crippen molar-refractivity contribution in [2.24, 2.45) is 0 Å². The monoisotopic (exact) mass is 209 g/mol. The van der Waals surface area contributed by atoms with E-state index in [0.29, 0.717) is 18.3 Å². The summed E-state index contributed by atoms with van der Waals surface area (Å²) in [4.78, 5) is 18.4. The van der Waals surface area contributed by atoms with Gasteiger partial charge in [-0.1, -0.05) is 13.8 Å². The summed E-state index contributed by atoms with van der Waals surface area (Å²) in [6.07, 6.45) is 1.57. The summed E-state index contributed by atoms with van der Waals surface area (Å²) in [6.45, 7) is 4.47. The third-order valence-corrected chi connectivity index (χ3v) is 1.92. The molecule has 0 radical (unpaired) electrons. The first-order valence-electron chi connectivity index (χ1n) is 4.87. The number of nitrogens with one attached hydrogen (secondary N) is 1. The number of aromatic nitrogens is 2. The molecule has 1 rings (SSSR count). The molecule has 1 heterocycles. The van der Waals surface area contributed by atoms with Gasteiger partial charge in [-0.2, -0.15) is 0 Å². The zero-order valence-electron chi connectivity index (χ0n) is 8.90. The highest BCUT2D eigenvalue weighted by Crippen LogP contribution is 2.13. The van der Waals surface area contributed by atoms with Gasteiger partial charge in [-0.15, -0.1) is 0 Å². The fraction of sp³-hybridized carbons (Fsp3) is 0.500. The number of carbonyl (C=O) groups is 1. The Kier molecular flexibility index (Phi) is 4.03. The normalized spacial score (nSPS) is 10.3. The van der Waals surface area contributed by atoms with Gasteiger partial charge < -0.3 is 10.4 Å². The molecule has 0 spiro atoms. The van der Waals surface area contributed by atoms with Gasteiger partial charge in [0.15, 0.2) is 0 Å². The molecule has 0 bridgehead atoms. The van der Waals surface area contributed by atoms with Gasteiger partial charge in [0.25, 0.3) is 0 Å². The predicted octanol–water partition coefficient (Wildman–Crippen LogP) is 1.49. The number of hydrogen-bond acceptors (Lipinski definition) is 4. The molecular formula is C10H15N3O2. The molecule has 0 aliphatic rings. The molecular weight excluding hydrogens is 194 g/mol. The van der Waals surface area contributed by atoms with Gasteiger partial charge in [0, 0.05) is 18.3 Å². The van der Waals surface area contributed by atoms with E-state index in [1.807, 2.05) is 19.9 Å². The summed E-state index contributed by atoms with van der Waals surface area (Å²) < 4.78 is 0. The summed E-state index contributed by atoms with van der Waals surface area (Å²) in [6, 6.07) is 1.84. The number of rotatable bonds is 5. The molecule has 5 heteroatoms. The van der Waals surface area contributed by atoms with Crippen LogP contribution in [0.1, 0.15) is 31.9 Å². The topological polar surface area (TPSA) is 75.1 Å². The maximum absolute atomic E-state index is 10.3. The Hall–Kier alpha value is -1.65. The Balaban J connectivity index is 2.54. The lowest BCUT2D eigenvalue weighted by molar-refractivity contribution is -0.136. The number of carboxylic acid groups (broad SMARTS) is 1. The van der Waals surface area contributed by atoms with Crippen molar-refractivity contribution in [3.63, 3.8) is 0 Å². The van der Waals surface area contributed by atoms with Crippen molar-refractivity contribution < 1.29 is 9.90 Å². The van der Waals surface area contributed by atoms with Crippen molar-refractivity contribution in [1.82, 2.24) is 9.97 Å². The molecule has 5 nitrogen and oxygen atoms in total. The van der Waals surface area contributed by atoms with E-state index in [-0.39, 0.29) is 6.42 Å². The minimum Gasteiger partial charge on any atom is -0.481 e. The fourth-order valence-corrected chi connectivity index (χ4v) is 1.08. The van der Waals surface area contributed by atoms with Crippen LogP contribution in [0.5, 0.6) is 0 Å². The van der Waals surface area contributed by atoms with Crippen LogP contribution >= 0.6 is 0 Å². The predicted molar refractivity (Wildman–Crippen MR) is 56.9 cm³/mol. The van der Waals surface area contributed by atoms with Gasteiger partial charge in [0.2, 0.25) is 0 Å². The van der Waals surface area contributed by atoms with E-state index in [1.54, 1.807) is 0 Å². The highest BCUT2D eigenvalue weighted by molar-refractivity contribution is 5.67. The smallest absolute Gasteiger partial charge is 0.305 e. The molecule has 2 N–H and O–H groups in total. The summed E-state index contributed by atoms with van der Waals surface area (Å²) >= 11 is 0. The van der Waals surface area contributed by atoms with E-state index >= 15 is 0 Å². The van der Waals surface area contributed by atoms with Crippen LogP contribution in [0, 0.1) is 0 Å². The Labute approximate surface area is 88.6 Å². The van der Waals surface area contributed by atoms with Crippen LogP contribution in [-0.2, 0) is 4.79 Å². The Morgan fingerprint density at radius 1 is 1.53 bits per heavy atom. The molecule has 15 heavy (non-hydrogen) atoms. The van der Waals surface area contributed by atoms with Gasteiger partial charge >= 0.3 is 5.97 Å². The highest BCUT2D eigenvalue weighted by Gasteiger charge is 2.03. The maximum Gasteiger partial charge on any atom is 0.305 e. The van der Waals surface area contributed by atoms with E-state index in [9.17, 15) is 4.79 Å². The van der Waals surface area contributed by atoms with E-state index < -0.39 is 5.97 Å². The van der Waals surface area contributed by atoms with Crippen LogP contribution in [0.15, 0.2) is 12.4 Å². The fourth-order valence-electron chi connectivity index (χ4n) is 1.08. The molecule has 0 aliphatic heterocycles. The quantitative estimate of drug-likeness (QED) is 0.768. The second-order valence-corrected chi connectivity index (χ2v) is 3.55. The summed E-state index contributed by atoms with van der Waals surface area (Å²) in [7, 11) is 0. The lowest BCUT2D eigenvalue weighted by atomic mass is 10.1. The Morgan fingerprint density at radius 2 is 2.27 bits per heavy atom. The van der Waals surface area contributed by atoms with Crippen molar-refractivity contribution in [2.45, 2.75) is 26.2 Å². The molecule has 0 aromatic carbocycles. The minimum absolute atomic E-state index is 0.0843. The third-order valence-electron chi connectivity index (χ3n) is 1.92. The van der Waals surface area contributed by atoms with Crippen molar-refractivity contribution in [3.8, 4) is 0 Å². The summed E-state index contributed by atoms with van der Waals surface area (Å²) in [5, 5.41) is 11.4. The Morgan fingerprint density at radius 3 is 2.87 bits per heavy atom. The number of nitrogens with zero attached hydrogens (tertiary/aromatic N) is 2.